The molecule has 0 aromatic heterocycles. The first-order chi connectivity index (χ1) is 9.74. The van der Waals surface area contributed by atoms with Gasteiger partial charge in [0, 0.05) is 19.6 Å². The highest BCUT2D eigenvalue weighted by molar-refractivity contribution is 4.64. The molecule has 0 saturated carbocycles. The number of aliphatic hydroxyl groups excluding tert-OH is 3. The van der Waals surface area contributed by atoms with Crippen LogP contribution in [0.2, 0.25) is 0 Å². The molecule has 0 aliphatic rings. The zero-order chi connectivity index (χ0) is 15.1. The Balaban J connectivity index is 3.44. The molecule has 122 valence electrons. The minimum Gasteiger partial charge on any atom is -0.395 e. The summed E-state index contributed by atoms with van der Waals surface area (Å²) < 4.78 is 0. The maximum absolute atomic E-state index is 9.94. The normalized spacial score (nSPS) is 13.1. The van der Waals surface area contributed by atoms with Gasteiger partial charge in [-0.1, -0.05) is 58.3 Å². The molecule has 20 heavy (non-hydrogen) atoms. The first kappa shape index (κ1) is 19.8. The van der Waals surface area contributed by atoms with Gasteiger partial charge in [0.25, 0.3) is 0 Å². The lowest BCUT2D eigenvalue weighted by Gasteiger charge is -2.23. The highest BCUT2D eigenvalue weighted by Gasteiger charge is 2.10. The standard InChI is InChI=1S/C16H35NO3/c1-2-3-4-5-6-7-8-9-10-16(20)15-17(11-13-18)12-14-19/h16,18-20H,2-15H2,1H3. The molecule has 0 saturated heterocycles. The molecule has 0 heterocycles. The Bertz CT molecular complexity index is 185. The third-order valence-corrected chi connectivity index (χ3v) is 3.69. The molecule has 0 aliphatic carbocycles. The second-order valence-electron chi connectivity index (χ2n) is 5.67. The monoisotopic (exact) mass is 289 g/mol. The minimum absolute atomic E-state index is 0.0739. The van der Waals surface area contributed by atoms with Gasteiger partial charge < -0.3 is 15.3 Å². The van der Waals surface area contributed by atoms with Gasteiger partial charge in [-0.05, 0) is 6.42 Å². The van der Waals surface area contributed by atoms with Crippen molar-refractivity contribution in [2.75, 3.05) is 32.8 Å². The van der Waals surface area contributed by atoms with Gasteiger partial charge in [0.2, 0.25) is 0 Å². The van der Waals surface area contributed by atoms with Crippen molar-refractivity contribution < 1.29 is 15.3 Å². The zero-order valence-electron chi connectivity index (χ0n) is 13.3. The van der Waals surface area contributed by atoms with Crippen LogP contribution in [0, 0.1) is 0 Å². The van der Waals surface area contributed by atoms with Gasteiger partial charge in [-0.2, -0.15) is 0 Å². The molecule has 0 aromatic rings. The fourth-order valence-electron chi connectivity index (χ4n) is 2.48. The van der Waals surface area contributed by atoms with Crippen molar-refractivity contribution in [3.8, 4) is 0 Å². The lowest BCUT2D eigenvalue weighted by atomic mass is 10.1. The van der Waals surface area contributed by atoms with Crippen molar-refractivity contribution in [2.24, 2.45) is 0 Å². The Labute approximate surface area is 124 Å². The molecule has 4 heteroatoms. The van der Waals surface area contributed by atoms with Crippen molar-refractivity contribution in [1.82, 2.24) is 4.90 Å². The number of aliphatic hydroxyl groups is 3. The molecule has 0 aromatic carbocycles. The fraction of sp³-hybridized carbons (Fsp3) is 1.00. The van der Waals surface area contributed by atoms with Crippen LogP contribution in [0.15, 0.2) is 0 Å². The zero-order valence-corrected chi connectivity index (χ0v) is 13.3. The van der Waals surface area contributed by atoms with Gasteiger partial charge in [-0.3, -0.25) is 4.90 Å². The molecule has 0 bridgehead atoms. The highest BCUT2D eigenvalue weighted by atomic mass is 16.3. The third kappa shape index (κ3) is 12.9. The summed E-state index contributed by atoms with van der Waals surface area (Å²) in [7, 11) is 0. The van der Waals surface area contributed by atoms with E-state index >= 15 is 0 Å². The highest BCUT2D eigenvalue weighted by Crippen LogP contribution is 2.11. The maximum atomic E-state index is 9.94. The van der Waals surface area contributed by atoms with Crippen molar-refractivity contribution in [3.63, 3.8) is 0 Å². The molecule has 0 radical (unpaired) electrons. The Hall–Kier alpha value is -0.160. The second kappa shape index (κ2) is 15.2. The number of hydrogen-bond acceptors (Lipinski definition) is 4. The quantitative estimate of drug-likeness (QED) is 0.404. The minimum atomic E-state index is -0.340. The van der Waals surface area contributed by atoms with Crippen molar-refractivity contribution in [3.05, 3.63) is 0 Å². The molecule has 1 atom stereocenters. The third-order valence-electron chi connectivity index (χ3n) is 3.69. The van der Waals surface area contributed by atoms with Crippen molar-refractivity contribution in [2.45, 2.75) is 70.8 Å². The van der Waals surface area contributed by atoms with E-state index in [2.05, 4.69) is 6.92 Å². The summed E-state index contributed by atoms with van der Waals surface area (Å²) in [6.45, 7) is 3.98. The molecule has 1 unspecified atom stereocenters. The van der Waals surface area contributed by atoms with Crippen LogP contribution in [0.4, 0.5) is 0 Å². The lowest BCUT2D eigenvalue weighted by molar-refractivity contribution is 0.0809. The second-order valence-corrected chi connectivity index (χ2v) is 5.67. The maximum Gasteiger partial charge on any atom is 0.0667 e. The van der Waals surface area contributed by atoms with Gasteiger partial charge in [0.05, 0.1) is 19.3 Å². The first-order valence-electron chi connectivity index (χ1n) is 8.36. The van der Waals surface area contributed by atoms with E-state index in [1.54, 1.807) is 0 Å². The number of hydrogen-bond donors (Lipinski definition) is 3. The summed E-state index contributed by atoms with van der Waals surface area (Å²) in [4.78, 5) is 1.91. The van der Waals surface area contributed by atoms with Crippen molar-refractivity contribution in [1.29, 1.82) is 0 Å². The summed E-state index contributed by atoms with van der Waals surface area (Å²) >= 11 is 0. The Morgan fingerprint density at radius 1 is 0.800 bits per heavy atom. The molecule has 3 N–H and O–H groups in total. The number of unbranched alkanes of at least 4 members (excludes halogenated alkanes) is 7. The van der Waals surface area contributed by atoms with E-state index < -0.39 is 0 Å². The predicted molar refractivity (Wildman–Crippen MR) is 83.8 cm³/mol. The largest absolute Gasteiger partial charge is 0.395 e. The topological polar surface area (TPSA) is 63.9 Å². The van der Waals surface area contributed by atoms with Crippen LogP contribution < -0.4 is 0 Å². The van der Waals surface area contributed by atoms with E-state index in [0.29, 0.717) is 19.6 Å². The molecule has 0 rings (SSSR count). The van der Waals surface area contributed by atoms with Crippen LogP contribution in [0.25, 0.3) is 0 Å². The first-order valence-corrected chi connectivity index (χ1v) is 8.36. The van der Waals surface area contributed by atoms with E-state index in [-0.39, 0.29) is 19.3 Å². The van der Waals surface area contributed by atoms with Crippen molar-refractivity contribution >= 4 is 0 Å². The SMILES string of the molecule is CCCCCCCCCCC(O)CN(CCO)CCO. The van der Waals surface area contributed by atoms with Gasteiger partial charge in [-0.25, -0.2) is 0 Å². The lowest BCUT2D eigenvalue weighted by Crippen LogP contribution is -2.36. The van der Waals surface area contributed by atoms with E-state index in [1.807, 2.05) is 4.90 Å². The van der Waals surface area contributed by atoms with Crippen LogP contribution >= 0.6 is 0 Å². The van der Waals surface area contributed by atoms with Crippen LogP contribution in [-0.4, -0.2) is 59.2 Å². The van der Waals surface area contributed by atoms with E-state index in [4.69, 9.17) is 10.2 Å². The van der Waals surface area contributed by atoms with Gasteiger partial charge in [0.1, 0.15) is 0 Å². The average molecular weight is 289 g/mol. The molecular formula is C16H35NO3. The molecule has 0 fully saturated rings. The van der Waals surface area contributed by atoms with Crippen LogP contribution in [0.3, 0.4) is 0 Å². The van der Waals surface area contributed by atoms with Crippen LogP contribution in [-0.2, 0) is 0 Å². The Morgan fingerprint density at radius 2 is 1.30 bits per heavy atom. The Kier molecular flexibility index (Phi) is 15.1. The van der Waals surface area contributed by atoms with Gasteiger partial charge >= 0.3 is 0 Å². The fourth-order valence-corrected chi connectivity index (χ4v) is 2.48. The smallest absolute Gasteiger partial charge is 0.0667 e. The molecule has 4 nitrogen and oxygen atoms in total. The Morgan fingerprint density at radius 3 is 1.80 bits per heavy atom. The number of rotatable bonds is 15. The summed E-state index contributed by atoms with van der Waals surface area (Å²) in [5.41, 5.74) is 0. The summed E-state index contributed by atoms with van der Waals surface area (Å²) in [5, 5.41) is 27.8. The summed E-state index contributed by atoms with van der Waals surface area (Å²) in [6.07, 6.45) is 10.7. The average Bonchev–Trinajstić information content (AvgIpc) is 2.42. The molecule has 0 aliphatic heterocycles. The van der Waals surface area contributed by atoms with Gasteiger partial charge in [0.15, 0.2) is 0 Å². The van der Waals surface area contributed by atoms with E-state index in [0.717, 1.165) is 12.8 Å². The van der Waals surface area contributed by atoms with E-state index in [9.17, 15) is 5.11 Å². The van der Waals surface area contributed by atoms with E-state index in [1.165, 1.54) is 44.9 Å². The molecule has 0 amide bonds. The molecule has 0 spiro atoms. The predicted octanol–water partition coefficient (Wildman–Crippen LogP) is 2.16. The van der Waals surface area contributed by atoms with Crippen LogP contribution in [0.5, 0.6) is 0 Å². The molecular weight excluding hydrogens is 254 g/mol. The number of nitrogens with zero attached hydrogens (tertiary/aromatic N) is 1. The summed E-state index contributed by atoms with van der Waals surface area (Å²) in [6, 6.07) is 0. The summed E-state index contributed by atoms with van der Waals surface area (Å²) in [5.74, 6) is 0. The van der Waals surface area contributed by atoms with Crippen LogP contribution in [0.1, 0.15) is 64.7 Å². The van der Waals surface area contributed by atoms with Gasteiger partial charge in [-0.15, -0.1) is 0 Å².